The number of aliphatic hydroxyl groups is 1. The number of ether oxygens (including phenoxy) is 2. The summed E-state index contributed by atoms with van der Waals surface area (Å²) >= 11 is 0. The average molecular weight is 251 g/mol. The molecule has 100 valence electrons. The number of hydrogen-bond donors (Lipinski definition) is 1. The van der Waals surface area contributed by atoms with Crippen molar-refractivity contribution in [3.63, 3.8) is 0 Å². The summed E-state index contributed by atoms with van der Waals surface area (Å²) in [4.78, 5) is 2.27. The van der Waals surface area contributed by atoms with E-state index in [1.165, 1.54) is 11.1 Å². The van der Waals surface area contributed by atoms with Crippen LogP contribution < -0.4 is 4.74 Å². The van der Waals surface area contributed by atoms with Gasteiger partial charge in [-0.25, -0.2) is 0 Å². The second-order valence-corrected chi connectivity index (χ2v) is 4.63. The van der Waals surface area contributed by atoms with Gasteiger partial charge in [0.1, 0.15) is 12.5 Å². The maximum atomic E-state index is 8.59. The first kappa shape index (κ1) is 13.3. The molecule has 0 atom stereocenters. The minimum atomic E-state index is 0.0967. The smallest absolute Gasteiger partial charge is 0.142 e. The van der Waals surface area contributed by atoms with Crippen molar-refractivity contribution in [3.8, 4) is 5.75 Å². The highest BCUT2D eigenvalue weighted by Crippen LogP contribution is 2.25. The van der Waals surface area contributed by atoms with E-state index in [-0.39, 0.29) is 6.61 Å². The Morgan fingerprint density at radius 1 is 1.39 bits per heavy atom. The van der Waals surface area contributed by atoms with Crippen LogP contribution in [-0.4, -0.2) is 43.1 Å². The fourth-order valence-electron chi connectivity index (χ4n) is 2.12. The molecule has 2 rings (SSSR count). The molecule has 0 radical (unpaired) electrons. The number of hydrogen-bond acceptors (Lipinski definition) is 4. The summed E-state index contributed by atoms with van der Waals surface area (Å²) < 4.78 is 11.0. The first-order chi connectivity index (χ1) is 8.79. The highest BCUT2D eigenvalue weighted by molar-refractivity contribution is 5.37. The molecule has 1 aliphatic heterocycles. The summed E-state index contributed by atoms with van der Waals surface area (Å²) in [6.07, 6.45) is 0.963. The van der Waals surface area contributed by atoms with Gasteiger partial charge in [0, 0.05) is 25.3 Å². The van der Waals surface area contributed by atoms with Crippen molar-refractivity contribution < 1.29 is 14.6 Å². The maximum Gasteiger partial charge on any atom is 0.142 e. The number of aliphatic hydroxyl groups excluding tert-OH is 1. The van der Waals surface area contributed by atoms with Gasteiger partial charge in [-0.05, 0) is 19.4 Å². The second kappa shape index (κ2) is 6.73. The van der Waals surface area contributed by atoms with Crippen LogP contribution in [0.1, 0.15) is 17.5 Å². The van der Waals surface area contributed by atoms with Gasteiger partial charge in [0.2, 0.25) is 0 Å². The Kier molecular flexibility index (Phi) is 4.99. The molecule has 0 bridgehead atoms. The van der Waals surface area contributed by atoms with Crippen molar-refractivity contribution in [2.45, 2.75) is 19.9 Å². The molecule has 1 N–H and O–H groups in total. The summed E-state index contributed by atoms with van der Waals surface area (Å²) in [5, 5.41) is 8.59. The Balaban J connectivity index is 1.77. The van der Waals surface area contributed by atoms with Crippen molar-refractivity contribution in [2.75, 3.05) is 33.1 Å². The molecule has 1 aromatic carbocycles. The molecule has 0 aliphatic carbocycles. The van der Waals surface area contributed by atoms with Gasteiger partial charge in [-0.3, -0.25) is 4.90 Å². The van der Waals surface area contributed by atoms with E-state index in [1.807, 2.05) is 6.07 Å². The monoisotopic (exact) mass is 251 g/mol. The normalized spacial score (nSPS) is 15.2. The molecule has 0 saturated carbocycles. The molecular formula is C14H21NO3. The zero-order valence-corrected chi connectivity index (χ0v) is 10.9. The number of benzene rings is 1. The molecule has 0 amide bonds. The van der Waals surface area contributed by atoms with Crippen molar-refractivity contribution in [3.05, 3.63) is 29.3 Å². The Labute approximate surface area is 108 Å². The molecule has 0 saturated heterocycles. The van der Waals surface area contributed by atoms with Gasteiger partial charge in [-0.1, -0.05) is 17.7 Å². The van der Waals surface area contributed by atoms with Crippen LogP contribution in [0.4, 0.5) is 0 Å². The van der Waals surface area contributed by atoms with Crippen LogP contribution in [-0.2, 0) is 11.3 Å². The number of fused-ring (bicyclic) bond motifs is 1. The van der Waals surface area contributed by atoms with Gasteiger partial charge in [-0.15, -0.1) is 0 Å². The minimum Gasteiger partial charge on any atom is -0.478 e. The fourth-order valence-corrected chi connectivity index (χ4v) is 2.12. The van der Waals surface area contributed by atoms with Crippen LogP contribution in [0.2, 0.25) is 0 Å². The van der Waals surface area contributed by atoms with Crippen molar-refractivity contribution in [1.82, 2.24) is 4.90 Å². The molecule has 0 unspecified atom stereocenters. The molecular weight excluding hydrogens is 230 g/mol. The summed E-state index contributed by atoms with van der Waals surface area (Å²) in [5.74, 6) is 1.01. The molecule has 1 aliphatic rings. The van der Waals surface area contributed by atoms with Crippen molar-refractivity contribution in [2.24, 2.45) is 0 Å². The number of aryl methyl sites for hydroxylation is 1. The van der Waals surface area contributed by atoms with Gasteiger partial charge >= 0.3 is 0 Å². The van der Waals surface area contributed by atoms with Crippen LogP contribution in [0.15, 0.2) is 18.2 Å². The molecule has 4 heteroatoms. The Morgan fingerprint density at radius 2 is 2.28 bits per heavy atom. The predicted octanol–water partition coefficient (Wildman–Crippen LogP) is 1.55. The minimum absolute atomic E-state index is 0.0967. The average Bonchev–Trinajstić information content (AvgIpc) is 2.38. The van der Waals surface area contributed by atoms with Gasteiger partial charge in [0.05, 0.1) is 13.2 Å². The van der Waals surface area contributed by atoms with Crippen molar-refractivity contribution >= 4 is 0 Å². The molecule has 0 aromatic heterocycles. The Hall–Kier alpha value is -1.10. The van der Waals surface area contributed by atoms with Gasteiger partial charge in [-0.2, -0.15) is 0 Å². The molecule has 0 fully saturated rings. The van der Waals surface area contributed by atoms with Crippen LogP contribution in [0.5, 0.6) is 5.75 Å². The molecule has 0 spiro atoms. The van der Waals surface area contributed by atoms with E-state index < -0.39 is 0 Å². The first-order valence-electron chi connectivity index (χ1n) is 6.43. The lowest BCUT2D eigenvalue weighted by atomic mass is 10.1. The molecule has 1 heterocycles. The van der Waals surface area contributed by atoms with E-state index >= 15 is 0 Å². The lowest BCUT2D eigenvalue weighted by molar-refractivity contribution is 0.0624. The van der Waals surface area contributed by atoms with Crippen LogP contribution in [0.3, 0.4) is 0 Å². The zero-order chi connectivity index (χ0) is 12.8. The van der Waals surface area contributed by atoms with E-state index in [2.05, 4.69) is 24.0 Å². The van der Waals surface area contributed by atoms with E-state index in [9.17, 15) is 0 Å². The SMILES string of the molecule is Cc1ccc2c(c1)CN(CCCOCCO)CO2. The first-order valence-corrected chi connectivity index (χ1v) is 6.43. The highest BCUT2D eigenvalue weighted by atomic mass is 16.5. The summed E-state index contributed by atoms with van der Waals surface area (Å²) in [6, 6.07) is 6.31. The third-order valence-corrected chi connectivity index (χ3v) is 3.01. The summed E-state index contributed by atoms with van der Waals surface area (Å²) in [5.41, 5.74) is 2.53. The van der Waals surface area contributed by atoms with E-state index in [0.29, 0.717) is 19.9 Å². The van der Waals surface area contributed by atoms with Gasteiger partial charge in [0.15, 0.2) is 0 Å². The largest absolute Gasteiger partial charge is 0.478 e. The Morgan fingerprint density at radius 3 is 3.11 bits per heavy atom. The van der Waals surface area contributed by atoms with E-state index in [4.69, 9.17) is 14.6 Å². The third kappa shape index (κ3) is 3.70. The summed E-state index contributed by atoms with van der Waals surface area (Å²) in [6.45, 7) is 5.86. The Bertz CT molecular complexity index is 381. The predicted molar refractivity (Wildman–Crippen MR) is 69.6 cm³/mol. The molecule has 1 aromatic rings. The third-order valence-electron chi connectivity index (χ3n) is 3.01. The van der Waals surface area contributed by atoms with E-state index in [0.717, 1.165) is 25.3 Å². The fraction of sp³-hybridized carbons (Fsp3) is 0.571. The number of nitrogens with zero attached hydrogens (tertiary/aromatic N) is 1. The number of rotatable bonds is 6. The van der Waals surface area contributed by atoms with Crippen LogP contribution >= 0.6 is 0 Å². The maximum absolute atomic E-state index is 8.59. The van der Waals surface area contributed by atoms with Crippen LogP contribution in [0, 0.1) is 6.92 Å². The van der Waals surface area contributed by atoms with E-state index in [1.54, 1.807) is 0 Å². The van der Waals surface area contributed by atoms with Crippen molar-refractivity contribution in [1.29, 1.82) is 0 Å². The van der Waals surface area contributed by atoms with Gasteiger partial charge < -0.3 is 14.6 Å². The second-order valence-electron chi connectivity index (χ2n) is 4.63. The standard InChI is InChI=1S/C14H21NO3/c1-12-3-4-14-13(9-12)10-15(11-18-14)5-2-7-17-8-6-16/h3-4,9,16H,2,5-8,10-11H2,1H3. The zero-order valence-electron chi connectivity index (χ0n) is 10.9. The van der Waals surface area contributed by atoms with Gasteiger partial charge in [0.25, 0.3) is 0 Å². The quantitative estimate of drug-likeness (QED) is 0.779. The lowest BCUT2D eigenvalue weighted by Gasteiger charge is -2.29. The lowest BCUT2D eigenvalue weighted by Crippen LogP contribution is -2.33. The molecule has 4 nitrogen and oxygen atoms in total. The topological polar surface area (TPSA) is 41.9 Å². The highest BCUT2D eigenvalue weighted by Gasteiger charge is 2.16. The van der Waals surface area contributed by atoms with Crippen LogP contribution in [0.25, 0.3) is 0 Å². The summed E-state index contributed by atoms with van der Waals surface area (Å²) in [7, 11) is 0. The molecule has 18 heavy (non-hydrogen) atoms.